The van der Waals surface area contributed by atoms with Gasteiger partial charge in [-0.3, -0.25) is 4.79 Å². The van der Waals surface area contributed by atoms with Gasteiger partial charge in [0.05, 0.1) is 12.0 Å². The summed E-state index contributed by atoms with van der Waals surface area (Å²) < 4.78 is 5.41. The Bertz CT molecular complexity index is 201. The number of amides is 1. The van der Waals surface area contributed by atoms with Gasteiger partial charge in [0.15, 0.2) is 0 Å². The second kappa shape index (κ2) is 7.63. The van der Waals surface area contributed by atoms with Crippen LogP contribution in [0.2, 0.25) is 0 Å². The van der Waals surface area contributed by atoms with E-state index in [0.717, 1.165) is 45.5 Å². The molecule has 1 rings (SSSR count). The molecule has 0 aliphatic carbocycles. The number of carbonyl (C=O) groups is 1. The number of nitrogens with one attached hydrogen (secondary N) is 2. The van der Waals surface area contributed by atoms with Gasteiger partial charge in [0.2, 0.25) is 5.91 Å². The van der Waals surface area contributed by atoms with E-state index < -0.39 is 0 Å². The highest BCUT2D eigenvalue weighted by molar-refractivity contribution is 5.78. The number of ether oxygens (including phenoxy) is 1. The third kappa shape index (κ3) is 5.47. The molecule has 16 heavy (non-hydrogen) atoms. The first-order chi connectivity index (χ1) is 7.70. The van der Waals surface area contributed by atoms with E-state index in [4.69, 9.17) is 4.74 Å². The summed E-state index contributed by atoms with van der Waals surface area (Å²) >= 11 is 0. The summed E-state index contributed by atoms with van der Waals surface area (Å²) in [5.41, 5.74) is 0. The zero-order chi connectivity index (χ0) is 11.8. The van der Waals surface area contributed by atoms with Crippen LogP contribution in [0.15, 0.2) is 0 Å². The number of rotatable bonds is 6. The molecule has 1 aliphatic heterocycles. The monoisotopic (exact) mass is 228 g/mol. The Balaban J connectivity index is 2.01. The van der Waals surface area contributed by atoms with Crippen LogP contribution >= 0.6 is 0 Å². The van der Waals surface area contributed by atoms with Crippen molar-refractivity contribution in [3.63, 3.8) is 0 Å². The maximum absolute atomic E-state index is 11.7. The molecule has 0 spiro atoms. The summed E-state index contributed by atoms with van der Waals surface area (Å²) in [5, 5.41) is 6.21. The highest BCUT2D eigenvalue weighted by Gasteiger charge is 2.19. The molecule has 1 amide bonds. The van der Waals surface area contributed by atoms with E-state index in [1.807, 2.05) is 13.8 Å². The molecule has 0 unspecified atom stereocenters. The van der Waals surface area contributed by atoms with Crippen molar-refractivity contribution in [3.8, 4) is 0 Å². The molecule has 4 heteroatoms. The van der Waals surface area contributed by atoms with Gasteiger partial charge in [-0.2, -0.15) is 0 Å². The van der Waals surface area contributed by atoms with E-state index in [1.165, 1.54) is 0 Å². The molecule has 0 aromatic carbocycles. The van der Waals surface area contributed by atoms with Crippen LogP contribution in [0, 0.1) is 5.92 Å². The summed E-state index contributed by atoms with van der Waals surface area (Å²) in [6.45, 7) is 7.36. The van der Waals surface area contributed by atoms with Crippen LogP contribution in [0.3, 0.4) is 0 Å². The van der Waals surface area contributed by atoms with Gasteiger partial charge in [-0.1, -0.05) is 0 Å². The molecule has 1 atom stereocenters. The maximum Gasteiger partial charge on any atom is 0.224 e. The quantitative estimate of drug-likeness (QED) is 0.665. The highest BCUT2D eigenvalue weighted by atomic mass is 16.5. The van der Waals surface area contributed by atoms with Crippen LogP contribution in [0.5, 0.6) is 0 Å². The minimum Gasteiger partial charge on any atom is -0.379 e. The summed E-state index contributed by atoms with van der Waals surface area (Å²) in [7, 11) is 0. The lowest BCUT2D eigenvalue weighted by atomic mass is 9.99. The number of hydrogen-bond donors (Lipinski definition) is 2. The predicted octanol–water partition coefficient (Wildman–Crippen LogP) is 0.917. The number of carbonyl (C=O) groups excluding carboxylic acids is 1. The van der Waals surface area contributed by atoms with E-state index in [2.05, 4.69) is 10.6 Å². The topological polar surface area (TPSA) is 50.4 Å². The zero-order valence-corrected chi connectivity index (χ0v) is 10.4. The fourth-order valence-electron chi connectivity index (χ4n) is 1.82. The molecule has 2 N–H and O–H groups in total. The van der Waals surface area contributed by atoms with E-state index in [-0.39, 0.29) is 17.9 Å². The predicted molar refractivity (Wildman–Crippen MR) is 64.3 cm³/mol. The fraction of sp³-hybridized carbons (Fsp3) is 0.917. The van der Waals surface area contributed by atoms with Crippen LogP contribution in [-0.2, 0) is 9.53 Å². The average Bonchev–Trinajstić information content (AvgIpc) is 2.29. The van der Waals surface area contributed by atoms with Gasteiger partial charge in [-0.25, -0.2) is 0 Å². The van der Waals surface area contributed by atoms with Crippen LogP contribution in [0.25, 0.3) is 0 Å². The molecule has 1 saturated heterocycles. The van der Waals surface area contributed by atoms with E-state index in [9.17, 15) is 4.79 Å². The Hall–Kier alpha value is -0.610. The highest BCUT2D eigenvalue weighted by Crippen LogP contribution is 2.09. The summed E-state index contributed by atoms with van der Waals surface area (Å²) in [6, 6.07) is 0. The fourth-order valence-corrected chi connectivity index (χ4v) is 1.82. The van der Waals surface area contributed by atoms with Crippen molar-refractivity contribution in [1.82, 2.24) is 10.6 Å². The van der Waals surface area contributed by atoms with Crippen molar-refractivity contribution in [3.05, 3.63) is 0 Å². The number of piperidine rings is 1. The average molecular weight is 228 g/mol. The summed E-state index contributed by atoms with van der Waals surface area (Å²) in [6.07, 6.45) is 3.29. The van der Waals surface area contributed by atoms with Crippen LogP contribution < -0.4 is 10.6 Å². The van der Waals surface area contributed by atoms with Gasteiger partial charge < -0.3 is 15.4 Å². The van der Waals surface area contributed by atoms with Gasteiger partial charge in [0, 0.05) is 19.7 Å². The second-order valence-electron chi connectivity index (χ2n) is 4.61. The molecule has 0 bridgehead atoms. The van der Waals surface area contributed by atoms with Gasteiger partial charge >= 0.3 is 0 Å². The van der Waals surface area contributed by atoms with Gasteiger partial charge in [0.1, 0.15) is 0 Å². The van der Waals surface area contributed by atoms with E-state index >= 15 is 0 Å². The van der Waals surface area contributed by atoms with Crippen LogP contribution in [0.4, 0.5) is 0 Å². The Morgan fingerprint density at radius 2 is 2.38 bits per heavy atom. The minimum atomic E-state index is 0.166. The van der Waals surface area contributed by atoms with Gasteiger partial charge in [0.25, 0.3) is 0 Å². The second-order valence-corrected chi connectivity index (χ2v) is 4.61. The van der Waals surface area contributed by atoms with Gasteiger partial charge in [-0.05, 0) is 39.7 Å². The molecule has 4 nitrogen and oxygen atoms in total. The van der Waals surface area contributed by atoms with Crippen molar-refractivity contribution < 1.29 is 9.53 Å². The first-order valence-corrected chi connectivity index (χ1v) is 6.30. The largest absolute Gasteiger partial charge is 0.379 e. The van der Waals surface area contributed by atoms with E-state index in [1.54, 1.807) is 0 Å². The molecule has 0 saturated carbocycles. The Morgan fingerprint density at radius 1 is 1.56 bits per heavy atom. The Morgan fingerprint density at radius 3 is 3.00 bits per heavy atom. The van der Waals surface area contributed by atoms with Crippen LogP contribution in [0.1, 0.15) is 33.1 Å². The molecule has 0 radical (unpaired) electrons. The summed E-state index contributed by atoms with van der Waals surface area (Å²) in [4.78, 5) is 11.7. The molecule has 0 aromatic heterocycles. The molecule has 94 valence electrons. The van der Waals surface area contributed by atoms with Crippen molar-refractivity contribution in [1.29, 1.82) is 0 Å². The van der Waals surface area contributed by atoms with Crippen molar-refractivity contribution in [2.24, 2.45) is 5.92 Å². The van der Waals surface area contributed by atoms with E-state index in [0.29, 0.717) is 0 Å². The molecular formula is C12H24N2O2. The maximum atomic E-state index is 11.7. The SMILES string of the molecule is CC(C)OCCCNC(=O)[C@@H]1CCCNC1. The molecule has 1 fully saturated rings. The van der Waals surface area contributed by atoms with Gasteiger partial charge in [-0.15, -0.1) is 0 Å². The van der Waals surface area contributed by atoms with Crippen LogP contribution in [-0.4, -0.2) is 38.3 Å². The standard InChI is InChI=1S/C12H24N2O2/c1-10(2)16-8-4-7-14-12(15)11-5-3-6-13-9-11/h10-11,13H,3-9H2,1-2H3,(H,14,15)/t11-/m1/s1. The lowest BCUT2D eigenvalue weighted by Gasteiger charge is -2.21. The molecular weight excluding hydrogens is 204 g/mol. The zero-order valence-electron chi connectivity index (χ0n) is 10.4. The van der Waals surface area contributed by atoms with Crippen molar-refractivity contribution in [2.75, 3.05) is 26.2 Å². The van der Waals surface area contributed by atoms with Crippen molar-refractivity contribution in [2.45, 2.75) is 39.2 Å². The molecule has 1 aliphatic rings. The number of hydrogen-bond acceptors (Lipinski definition) is 3. The lowest BCUT2D eigenvalue weighted by Crippen LogP contribution is -2.40. The first-order valence-electron chi connectivity index (χ1n) is 6.30. The Kier molecular flexibility index (Phi) is 6.42. The first kappa shape index (κ1) is 13.5. The van der Waals surface area contributed by atoms with Crippen molar-refractivity contribution >= 4 is 5.91 Å². The Labute approximate surface area is 98.1 Å². The molecule has 1 heterocycles. The minimum absolute atomic E-state index is 0.166. The smallest absolute Gasteiger partial charge is 0.224 e. The third-order valence-corrected chi connectivity index (χ3v) is 2.74. The summed E-state index contributed by atoms with van der Waals surface area (Å²) in [5.74, 6) is 0.358. The lowest BCUT2D eigenvalue weighted by molar-refractivity contribution is -0.125. The molecule has 0 aromatic rings. The third-order valence-electron chi connectivity index (χ3n) is 2.74. The normalized spacial score (nSPS) is 21.1.